The normalized spacial score (nSPS) is 12.6. The van der Waals surface area contributed by atoms with Gasteiger partial charge in [-0.3, -0.25) is 9.36 Å². The smallest absolute Gasteiger partial charge is 0.340 e. The van der Waals surface area contributed by atoms with Gasteiger partial charge in [0.05, 0.1) is 18.2 Å². The maximum absolute atomic E-state index is 13.2. The first-order valence-corrected chi connectivity index (χ1v) is 9.76. The van der Waals surface area contributed by atoms with Crippen LogP contribution in [0.5, 0.6) is 5.75 Å². The number of benzene rings is 2. The van der Waals surface area contributed by atoms with Crippen molar-refractivity contribution in [3.8, 4) is 5.75 Å². The van der Waals surface area contributed by atoms with Gasteiger partial charge in [-0.25, -0.2) is 4.79 Å². The van der Waals surface area contributed by atoms with Crippen LogP contribution in [0.15, 0.2) is 54.7 Å². The molecule has 0 unspecified atom stereocenters. The maximum atomic E-state index is 13.2. The van der Waals surface area contributed by atoms with Gasteiger partial charge in [-0.05, 0) is 35.6 Å². The highest BCUT2D eigenvalue weighted by Crippen LogP contribution is 2.26. The minimum absolute atomic E-state index is 0.0485. The second-order valence-corrected chi connectivity index (χ2v) is 8.05. The van der Waals surface area contributed by atoms with Gasteiger partial charge in [-0.15, -0.1) is 0 Å². The van der Waals surface area contributed by atoms with Gasteiger partial charge in [0.15, 0.2) is 6.10 Å². The third-order valence-electron chi connectivity index (χ3n) is 5.00. The number of carbonyl (C=O) groups excluding carboxylic acids is 2. The molecule has 3 aromatic rings. The van der Waals surface area contributed by atoms with Gasteiger partial charge < -0.3 is 9.47 Å². The van der Waals surface area contributed by atoms with Crippen molar-refractivity contribution in [2.24, 2.45) is 0 Å². The third-order valence-corrected chi connectivity index (χ3v) is 5.00. The number of ether oxygens (including phenoxy) is 2. The van der Waals surface area contributed by atoms with Crippen LogP contribution in [0, 0.1) is 0 Å². The Hall–Kier alpha value is -3.08. The Labute approximate surface area is 171 Å². The first-order chi connectivity index (χ1) is 13.8. The quantitative estimate of drug-likeness (QED) is 0.558. The molecule has 1 heterocycles. The number of para-hydroxylation sites is 1. The number of rotatable bonds is 5. The number of hydrogen-bond donors (Lipinski definition) is 0. The van der Waals surface area contributed by atoms with Crippen LogP contribution in [-0.4, -0.2) is 29.7 Å². The summed E-state index contributed by atoms with van der Waals surface area (Å²) in [5, 5.41) is 0.678. The first kappa shape index (κ1) is 20.6. The summed E-state index contributed by atoms with van der Waals surface area (Å²) in [7, 11) is 1.33. The van der Waals surface area contributed by atoms with Gasteiger partial charge in [0.1, 0.15) is 5.75 Å². The lowest BCUT2D eigenvalue weighted by Crippen LogP contribution is -2.31. The maximum Gasteiger partial charge on any atom is 0.340 e. The van der Waals surface area contributed by atoms with E-state index in [1.54, 1.807) is 6.07 Å². The van der Waals surface area contributed by atoms with E-state index in [0.717, 1.165) is 0 Å². The summed E-state index contributed by atoms with van der Waals surface area (Å²) in [4.78, 5) is 25.4. The highest BCUT2D eigenvalue weighted by atomic mass is 16.5. The number of carbonyl (C=O) groups is 2. The van der Waals surface area contributed by atoms with Gasteiger partial charge in [-0.2, -0.15) is 0 Å². The fraction of sp³-hybridized carbons (Fsp3) is 0.333. The molecule has 2 aromatic carbocycles. The van der Waals surface area contributed by atoms with E-state index in [1.807, 2.05) is 49.4 Å². The molecule has 0 fully saturated rings. The molecular formula is C24H27NO4. The van der Waals surface area contributed by atoms with Crippen LogP contribution in [0.3, 0.4) is 0 Å². The number of methoxy groups -OCH3 is 1. The van der Waals surface area contributed by atoms with E-state index in [0.29, 0.717) is 28.6 Å². The highest BCUT2D eigenvalue weighted by molar-refractivity contribution is 6.07. The predicted molar refractivity (Wildman–Crippen MR) is 114 cm³/mol. The fourth-order valence-corrected chi connectivity index (χ4v) is 3.30. The number of esters is 1. The minimum Gasteiger partial charge on any atom is -0.481 e. The predicted octanol–water partition coefficient (Wildman–Crippen LogP) is 5.22. The second kappa shape index (κ2) is 8.11. The highest BCUT2D eigenvalue weighted by Gasteiger charge is 2.25. The zero-order chi connectivity index (χ0) is 21.2. The summed E-state index contributed by atoms with van der Waals surface area (Å²) in [6.45, 7) is 8.35. The Kier molecular flexibility index (Phi) is 5.78. The van der Waals surface area contributed by atoms with Crippen molar-refractivity contribution >= 4 is 22.8 Å². The number of aromatic nitrogens is 1. The van der Waals surface area contributed by atoms with Gasteiger partial charge in [0.2, 0.25) is 0 Å². The largest absolute Gasteiger partial charge is 0.481 e. The van der Waals surface area contributed by atoms with Crippen LogP contribution >= 0.6 is 0 Å². The van der Waals surface area contributed by atoms with E-state index in [1.165, 1.54) is 23.4 Å². The van der Waals surface area contributed by atoms with Crippen LogP contribution in [-0.2, 0) is 10.2 Å². The Morgan fingerprint density at radius 1 is 1.03 bits per heavy atom. The SMILES string of the molecule is CC[C@H](Oc1ccc(C(C)(C)C)cc1)C(=O)n1cc(C(=O)OC)c2ccccc21. The average molecular weight is 393 g/mol. The molecule has 29 heavy (non-hydrogen) atoms. The topological polar surface area (TPSA) is 57.5 Å². The van der Waals surface area contributed by atoms with E-state index >= 15 is 0 Å². The van der Waals surface area contributed by atoms with Crippen LogP contribution in [0.2, 0.25) is 0 Å². The molecule has 0 saturated carbocycles. The lowest BCUT2D eigenvalue weighted by molar-refractivity contribution is 0.0602. The van der Waals surface area contributed by atoms with Gasteiger partial charge in [-0.1, -0.05) is 58.0 Å². The second-order valence-electron chi connectivity index (χ2n) is 8.05. The van der Waals surface area contributed by atoms with Crippen molar-refractivity contribution < 1.29 is 19.1 Å². The van der Waals surface area contributed by atoms with Crippen molar-refractivity contribution in [2.45, 2.75) is 45.6 Å². The third kappa shape index (κ3) is 4.19. The van der Waals surface area contributed by atoms with Crippen molar-refractivity contribution in [3.05, 3.63) is 65.9 Å². The summed E-state index contributed by atoms with van der Waals surface area (Å²) in [5.41, 5.74) is 2.26. The summed E-state index contributed by atoms with van der Waals surface area (Å²) in [6, 6.07) is 15.1. The summed E-state index contributed by atoms with van der Waals surface area (Å²) >= 11 is 0. The number of fused-ring (bicyclic) bond motifs is 1. The molecule has 0 aliphatic heterocycles. The molecule has 3 rings (SSSR count). The molecule has 152 valence electrons. The summed E-state index contributed by atoms with van der Waals surface area (Å²) in [5.74, 6) is -0.0545. The van der Waals surface area contributed by atoms with Crippen molar-refractivity contribution in [1.29, 1.82) is 0 Å². The Balaban J connectivity index is 1.91. The monoisotopic (exact) mass is 393 g/mol. The van der Waals surface area contributed by atoms with Gasteiger partial charge in [0.25, 0.3) is 5.91 Å². The zero-order valence-corrected chi connectivity index (χ0v) is 17.6. The molecule has 0 radical (unpaired) electrons. The van der Waals surface area contributed by atoms with E-state index < -0.39 is 12.1 Å². The molecule has 0 saturated heterocycles. The molecular weight excluding hydrogens is 366 g/mol. The Morgan fingerprint density at radius 2 is 1.69 bits per heavy atom. The average Bonchev–Trinajstić information content (AvgIpc) is 3.10. The van der Waals surface area contributed by atoms with Crippen LogP contribution < -0.4 is 4.74 Å². The first-order valence-electron chi connectivity index (χ1n) is 9.76. The fourth-order valence-electron chi connectivity index (χ4n) is 3.30. The Bertz CT molecular complexity index is 1030. The van der Waals surface area contributed by atoms with Crippen LogP contribution in [0.4, 0.5) is 0 Å². The number of hydrogen-bond acceptors (Lipinski definition) is 4. The van der Waals surface area contributed by atoms with Gasteiger partial charge >= 0.3 is 5.97 Å². The summed E-state index contributed by atoms with van der Waals surface area (Å²) < 4.78 is 12.4. The molecule has 0 spiro atoms. The van der Waals surface area contributed by atoms with Crippen LogP contribution in [0.1, 0.15) is 54.8 Å². The van der Waals surface area contributed by atoms with Gasteiger partial charge in [0, 0.05) is 11.6 Å². The minimum atomic E-state index is -0.670. The van der Waals surface area contributed by atoms with E-state index in [4.69, 9.17) is 9.47 Å². The zero-order valence-electron chi connectivity index (χ0n) is 17.6. The van der Waals surface area contributed by atoms with Crippen molar-refractivity contribution in [3.63, 3.8) is 0 Å². The Morgan fingerprint density at radius 3 is 2.28 bits per heavy atom. The standard InChI is InChI=1S/C24H27NO4/c1-6-21(29-17-13-11-16(12-14-17)24(2,3)4)22(26)25-15-19(23(27)28-5)18-9-7-8-10-20(18)25/h7-15,21H,6H2,1-5H3/t21-/m0/s1. The van der Waals surface area contributed by atoms with Crippen LogP contribution in [0.25, 0.3) is 10.9 Å². The number of nitrogens with zero attached hydrogens (tertiary/aromatic N) is 1. The molecule has 0 bridgehead atoms. The molecule has 5 nitrogen and oxygen atoms in total. The summed E-state index contributed by atoms with van der Waals surface area (Å²) in [6.07, 6.45) is 1.37. The van der Waals surface area contributed by atoms with Crippen molar-refractivity contribution in [2.75, 3.05) is 7.11 Å². The molecule has 1 aromatic heterocycles. The lowest BCUT2D eigenvalue weighted by atomic mass is 9.87. The molecule has 0 aliphatic carbocycles. The van der Waals surface area contributed by atoms with E-state index in [2.05, 4.69) is 20.8 Å². The molecule has 0 amide bonds. The van der Waals surface area contributed by atoms with E-state index in [9.17, 15) is 9.59 Å². The van der Waals surface area contributed by atoms with E-state index in [-0.39, 0.29) is 11.3 Å². The molecule has 5 heteroatoms. The van der Waals surface area contributed by atoms with Crippen molar-refractivity contribution in [1.82, 2.24) is 4.57 Å². The molecule has 0 aliphatic rings. The lowest BCUT2D eigenvalue weighted by Gasteiger charge is -2.21. The molecule has 1 atom stereocenters. The molecule has 0 N–H and O–H groups in total.